The Labute approximate surface area is 92.6 Å². The monoisotopic (exact) mass is 201 g/mol. The van der Waals surface area contributed by atoms with E-state index in [0.717, 1.165) is 0 Å². The molecule has 0 saturated heterocycles. The molecular formula is C14H19N. The smallest absolute Gasteiger partial charge is 0.0284 e. The fourth-order valence-electron chi connectivity index (χ4n) is 1.52. The summed E-state index contributed by atoms with van der Waals surface area (Å²) >= 11 is 0. The van der Waals surface area contributed by atoms with Crippen LogP contribution in [0.2, 0.25) is 0 Å². The maximum Gasteiger partial charge on any atom is 0.0284 e. The van der Waals surface area contributed by atoms with Gasteiger partial charge in [0.2, 0.25) is 0 Å². The Hall–Kier alpha value is -1.37. The average Bonchev–Trinajstić information content (AvgIpc) is 2.26. The lowest BCUT2D eigenvalue weighted by Gasteiger charge is -2.07. The second-order valence-electron chi connectivity index (χ2n) is 3.91. The maximum atomic E-state index is 4.05. The van der Waals surface area contributed by atoms with Crippen LogP contribution in [-0.4, -0.2) is 13.3 Å². The van der Waals surface area contributed by atoms with Crippen LogP contribution >= 0.6 is 0 Å². The van der Waals surface area contributed by atoms with Crippen molar-refractivity contribution in [1.29, 1.82) is 0 Å². The molecule has 0 heterocycles. The van der Waals surface area contributed by atoms with Crippen molar-refractivity contribution in [2.75, 3.05) is 7.05 Å². The summed E-state index contributed by atoms with van der Waals surface area (Å²) in [5.41, 5.74) is 3.78. The molecule has 1 aromatic rings. The molecule has 15 heavy (non-hydrogen) atoms. The van der Waals surface area contributed by atoms with E-state index in [2.05, 4.69) is 49.2 Å². The predicted octanol–water partition coefficient (Wildman–Crippen LogP) is 3.91. The molecule has 0 unspecified atom stereocenters. The molecule has 0 radical (unpaired) electrons. The molecule has 0 aromatic heterocycles. The molecule has 1 aromatic carbocycles. The minimum atomic E-state index is 0.591. The first-order valence-electron chi connectivity index (χ1n) is 5.37. The van der Waals surface area contributed by atoms with Crippen molar-refractivity contribution in [3.05, 3.63) is 41.5 Å². The summed E-state index contributed by atoms with van der Waals surface area (Å²) in [6, 6.07) is 8.69. The van der Waals surface area contributed by atoms with Gasteiger partial charge in [0, 0.05) is 13.3 Å². The van der Waals surface area contributed by atoms with Gasteiger partial charge in [0.25, 0.3) is 0 Å². The topological polar surface area (TPSA) is 12.4 Å². The van der Waals surface area contributed by atoms with E-state index in [1.807, 2.05) is 13.1 Å². The van der Waals surface area contributed by atoms with Crippen LogP contribution in [0.1, 0.15) is 37.8 Å². The van der Waals surface area contributed by atoms with Crippen LogP contribution in [0.3, 0.4) is 0 Å². The summed E-state index contributed by atoms with van der Waals surface area (Å²) in [5, 5.41) is 0. The first-order chi connectivity index (χ1) is 7.19. The molecule has 0 aliphatic heterocycles. The molecule has 80 valence electrons. The van der Waals surface area contributed by atoms with Gasteiger partial charge in [0.05, 0.1) is 0 Å². The summed E-state index contributed by atoms with van der Waals surface area (Å²) in [7, 11) is 1.80. The van der Waals surface area contributed by atoms with Gasteiger partial charge < -0.3 is 0 Å². The molecule has 0 spiro atoms. The van der Waals surface area contributed by atoms with Crippen LogP contribution in [-0.2, 0) is 0 Å². The third kappa shape index (κ3) is 3.05. The third-order valence-corrected chi connectivity index (χ3v) is 2.49. The number of benzene rings is 1. The second-order valence-corrected chi connectivity index (χ2v) is 3.91. The number of rotatable bonds is 3. The van der Waals surface area contributed by atoms with E-state index in [0.29, 0.717) is 5.92 Å². The summed E-state index contributed by atoms with van der Waals surface area (Å²) < 4.78 is 0. The largest absolute Gasteiger partial charge is 0.296 e. The SMILES string of the molecule is C/C=C(\C=NC)c1ccc(C(C)C)cc1. The van der Waals surface area contributed by atoms with Gasteiger partial charge in [-0.15, -0.1) is 0 Å². The highest BCUT2D eigenvalue weighted by atomic mass is 14.6. The number of nitrogens with zero attached hydrogens (tertiary/aromatic N) is 1. The molecule has 0 atom stereocenters. The van der Waals surface area contributed by atoms with Crippen molar-refractivity contribution < 1.29 is 0 Å². The fraction of sp³-hybridized carbons (Fsp3) is 0.357. The lowest BCUT2D eigenvalue weighted by Crippen LogP contribution is -1.89. The van der Waals surface area contributed by atoms with Crippen LogP contribution in [0.5, 0.6) is 0 Å². The van der Waals surface area contributed by atoms with Crippen molar-refractivity contribution in [2.24, 2.45) is 4.99 Å². The zero-order valence-corrected chi connectivity index (χ0v) is 9.99. The molecule has 1 rings (SSSR count). The third-order valence-electron chi connectivity index (χ3n) is 2.49. The molecular weight excluding hydrogens is 182 g/mol. The van der Waals surface area contributed by atoms with Gasteiger partial charge in [-0.3, -0.25) is 4.99 Å². The summed E-state index contributed by atoms with van der Waals surface area (Å²) in [6.07, 6.45) is 3.97. The van der Waals surface area contributed by atoms with E-state index in [1.54, 1.807) is 7.05 Å². The van der Waals surface area contributed by atoms with Gasteiger partial charge in [-0.1, -0.05) is 44.2 Å². The van der Waals surface area contributed by atoms with Crippen LogP contribution in [0.25, 0.3) is 5.57 Å². The molecule has 0 aliphatic rings. The number of hydrogen-bond acceptors (Lipinski definition) is 1. The fourth-order valence-corrected chi connectivity index (χ4v) is 1.52. The number of allylic oxidation sites excluding steroid dienone is 2. The molecule has 0 N–H and O–H groups in total. The minimum Gasteiger partial charge on any atom is -0.296 e. The molecule has 0 saturated carbocycles. The van der Waals surface area contributed by atoms with Crippen LogP contribution in [0, 0.1) is 0 Å². The van der Waals surface area contributed by atoms with Gasteiger partial charge in [-0.25, -0.2) is 0 Å². The van der Waals surface area contributed by atoms with E-state index in [-0.39, 0.29) is 0 Å². The van der Waals surface area contributed by atoms with E-state index < -0.39 is 0 Å². The molecule has 0 aliphatic carbocycles. The van der Waals surface area contributed by atoms with Gasteiger partial charge in [0.15, 0.2) is 0 Å². The first kappa shape index (κ1) is 11.7. The molecule has 0 amide bonds. The van der Waals surface area contributed by atoms with Gasteiger partial charge in [0.1, 0.15) is 0 Å². The van der Waals surface area contributed by atoms with Crippen molar-refractivity contribution in [3.8, 4) is 0 Å². The van der Waals surface area contributed by atoms with E-state index in [1.165, 1.54) is 16.7 Å². The lowest BCUT2D eigenvalue weighted by molar-refractivity contribution is 0.866. The molecule has 0 fully saturated rings. The van der Waals surface area contributed by atoms with Crippen molar-refractivity contribution in [2.45, 2.75) is 26.7 Å². The summed E-state index contributed by atoms with van der Waals surface area (Å²) in [5.74, 6) is 0.591. The standard InChI is InChI=1S/C14H19N/c1-5-12(10-15-4)14-8-6-13(7-9-14)11(2)3/h5-11H,1-4H3/b12-5+,15-10?. The van der Waals surface area contributed by atoms with Gasteiger partial charge >= 0.3 is 0 Å². The maximum absolute atomic E-state index is 4.05. The second kappa shape index (κ2) is 5.50. The Bertz CT molecular complexity index is 355. The van der Waals surface area contributed by atoms with Crippen molar-refractivity contribution in [3.63, 3.8) is 0 Å². The normalized spacial score (nSPS) is 12.7. The summed E-state index contributed by atoms with van der Waals surface area (Å²) in [6.45, 7) is 6.45. The van der Waals surface area contributed by atoms with Crippen LogP contribution in [0.15, 0.2) is 35.3 Å². The van der Waals surface area contributed by atoms with E-state index >= 15 is 0 Å². The van der Waals surface area contributed by atoms with Crippen LogP contribution < -0.4 is 0 Å². The highest BCUT2D eigenvalue weighted by Gasteiger charge is 2.00. The van der Waals surface area contributed by atoms with Gasteiger partial charge in [-0.2, -0.15) is 0 Å². The van der Waals surface area contributed by atoms with E-state index in [9.17, 15) is 0 Å². The molecule has 0 bridgehead atoms. The van der Waals surface area contributed by atoms with Crippen molar-refractivity contribution in [1.82, 2.24) is 0 Å². The Morgan fingerprint density at radius 3 is 2.20 bits per heavy atom. The highest BCUT2D eigenvalue weighted by molar-refractivity contribution is 6.09. The number of aliphatic imine (C=N–C) groups is 1. The van der Waals surface area contributed by atoms with Crippen LogP contribution in [0.4, 0.5) is 0 Å². The zero-order valence-electron chi connectivity index (χ0n) is 9.99. The Balaban J connectivity index is 2.97. The predicted molar refractivity (Wildman–Crippen MR) is 68.6 cm³/mol. The number of hydrogen-bond donors (Lipinski definition) is 0. The first-order valence-corrected chi connectivity index (χ1v) is 5.37. The molecule has 1 nitrogen and oxygen atoms in total. The lowest BCUT2D eigenvalue weighted by atomic mass is 9.99. The average molecular weight is 201 g/mol. The zero-order chi connectivity index (χ0) is 11.3. The van der Waals surface area contributed by atoms with Crippen molar-refractivity contribution >= 4 is 11.8 Å². The van der Waals surface area contributed by atoms with E-state index in [4.69, 9.17) is 0 Å². The Morgan fingerprint density at radius 2 is 1.80 bits per heavy atom. The molecule has 1 heteroatoms. The highest BCUT2D eigenvalue weighted by Crippen LogP contribution is 2.18. The Morgan fingerprint density at radius 1 is 1.20 bits per heavy atom. The Kier molecular flexibility index (Phi) is 4.29. The summed E-state index contributed by atoms with van der Waals surface area (Å²) in [4.78, 5) is 4.05. The minimum absolute atomic E-state index is 0.591. The quantitative estimate of drug-likeness (QED) is 0.657. The van der Waals surface area contributed by atoms with Gasteiger partial charge in [-0.05, 0) is 29.5 Å².